The first-order valence-corrected chi connectivity index (χ1v) is 8.18. The maximum atomic E-state index is 12.2. The van der Waals surface area contributed by atoms with Crippen LogP contribution in [0.5, 0.6) is 0 Å². The van der Waals surface area contributed by atoms with Gasteiger partial charge in [0.15, 0.2) is 0 Å². The third-order valence-corrected chi connectivity index (χ3v) is 3.97. The summed E-state index contributed by atoms with van der Waals surface area (Å²) in [5, 5.41) is 3.03. The smallest absolute Gasteiger partial charge is 0.317 e. The summed E-state index contributed by atoms with van der Waals surface area (Å²) in [6.45, 7) is 13.8. The summed E-state index contributed by atoms with van der Waals surface area (Å²) in [4.78, 5) is 16.4. The third-order valence-electron chi connectivity index (χ3n) is 3.97. The molecule has 0 aliphatic carbocycles. The fourth-order valence-corrected chi connectivity index (χ4v) is 2.64. The molecule has 2 amide bonds. The number of benzene rings is 1. The molecule has 1 saturated heterocycles. The second-order valence-electron chi connectivity index (χ2n) is 7.40. The fraction of sp³-hybridized carbons (Fsp3) is 0.611. The van der Waals surface area contributed by atoms with Crippen LogP contribution < -0.4 is 10.2 Å². The molecule has 2 rings (SSSR count). The number of hydrogen-bond acceptors (Lipinski definition) is 2. The van der Waals surface area contributed by atoms with Gasteiger partial charge in [0.05, 0.1) is 0 Å². The van der Waals surface area contributed by atoms with Gasteiger partial charge in [-0.2, -0.15) is 0 Å². The number of rotatable bonds is 2. The summed E-state index contributed by atoms with van der Waals surface area (Å²) in [6.07, 6.45) is 0. The number of carbonyl (C=O) groups is 1. The zero-order valence-electron chi connectivity index (χ0n) is 14.5. The molecule has 0 spiro atoms. The standard InChI is InChI=1S/C18H29N3O/c1-14(2)15-6-8-16(9-7-15)20-10-12-21(13-11-20)17(22)19-18(3,4)5/h6-9,14H,10-13H2,1-5H3,(H,19,22). The van der Waals surface area contributed by atoms with Crippen LogP contribution in [0, 0.1) is 0 Å². The zero-order chi connectivity index (χ0) is 16.3. The van der Waals surface area contributed by atoms with Crippen molar-refractivity contribution in [2.45, 2.75) is 46.1 Å². The maximum Gasteiger partial charge on any atom is 0.317 e. The molecule has 1 aromatic carbocycles. The van der Waals surface area contributed by atoms with Crippen molar-refractivity contribution < 1.29 is 4.79 Å². The van der Waals surface area contributed by atoms with Gasteiger partial charge in [-0.25, -0.2) is 4.79 Å². The van der Waals surface area contributed by atoms with Gasteiger partial charge in [0.2, 0.25) is 0 Å². The van der Waals surface area contributed by atoms with Crippen molar-refractivity contribution in [2.24, 2.45) is 0 Å². The SMILES string of the molecule is CC(C)c1ccc(N2CCN(C(=O)NC(C)(C)C)CC2)cc1. The molecule has 0 aromatic heterocycles. The molecule has 1 heterocycles. The molecule has 0 unspecified atom stereocenters. The van der Waals surface area contributed by atoms with Crippen LogP contribution >= 0.6 is 0 Å². The number of amides is 2. The van der Waals surface area contributed by atoms with Crippen LogP contribution in [0.3, 0.4) is 0 Å². The van der Waals surface area contributed by atoms with Crippen molar-refractivity contribution >= 4 is 11.7 Å². The highest BCUT2D eigenvalue weighted by Crippen LogP contribution is 2.21. The summed E-state index contributed by atoms with van der Waals surface area (Å²) < 4.78 is 0. The number of piperazine rings is 1. The average Bonchev–Trinajstić information content (AvgIpc) is 2.46. The molecule has 1 aliphatic heterocycles. The molecule has 1 aromatic rings. The Balaban J connectivity index is 1.90. The number of nitrogens with one attached hydrogen (secondary N) is 1. The Hall–Kier alpha value is -1.71. The van der Waals surface area contributed by atoms with E-state index < -0.39 is 0 Å². The van der Waals surface area contributed by atoms with Crippen LogP contribution in [-0.2, 0) is 0 Å². The van der Waals surface area contributed by atoms with E-state index in [1.54, 1.807) is 0 Å². The Morgan fingerprint density at radius 3 is 2.05 bits per heavy atom. The Kier molecular flexibility index (Phi) is 4.99. The second kappa shape index (κ2) is 6.59. The Labute approximate surface area is 134 Å². The lowest BCUT2D eigenvalue weighted by atomic mass is 10.0. The molecule has 0 atom stereocenters. The minimum Gasteiger partial charge on any atom is -0.368 e. The molecule has 1 aliphatic rings. The van der Waals surface area contributed by atoms with Crippen LogP contribution in [-0.4, -0.2) is 42.6 Å². The van der Waals surface area contributed by atoms with E-state index in [1.807, 2.05) is 25.7 Å². The van der Waals surface area contributed by atoms with Crippen LogP contribution in [0.1, 0.15) is 46.1 Å². The van der Waals surface area contributed by atoms with E-state index in [9.17, 15) is 4.79 Å². The molecule has 4 heteroatoms. The highest BCUT2D eigenvalue weighted by molar-refractivity contribution is 5.75. The average molecular weight is 303 g/mol. The van der Waals surface area contributed by atoms with E-state index in [1.165, 1.54) is 11.3 Å². The first-order valence-electron chi connectivity index (χ1n) is 8.18. The molecule has 122 valence electrons. The van der Waals surface area contributed by atoms with Gasteiger partial charge < -0.3 is 15.1 Å². The van der Waals surface area contributed by atoms with E-state index in [2.05, 4.69) is 48.3 Å². The van der Waals surface area contributed by atoms with Crippen molar-refractivity contribution in [1.29, 1.82) is 0 Å². The lowest BCUT2D eigenvalue weighted by molar-refractivity contribution is 0.185. The predicted molar refractivity (Wildman–Crippen MR) is 92.6 cm³/mol. The Morgan fingerprint density at radius 2 is 1.59 bits per heavy atom. The molecule has 1 fully saturated rings. The van der Waals surface area contributed by atoms with Gasteiger partial charge in [-0.15, -0.1) is 0 Å². The molecular weight excluding hydrogens is 274 g/mol. The fourth-order valence-electron chi connectivity index (χ4n) is 2.64. The van der Waals surface area contributed by atoms with E-state index >= 15 is 0 Å². The first kappa shape index (κ1) is 16.7. The zero-order valence-corrected chi connectivity index (χ0v) is 14.5. The first-order chi connectivity index (χ1) is 10.3. The van der Waals surface area contributed by atoms with Gasteiger partial charge in [0.1, 0.15) is 0 Å². The number of urea groups is 1. The van der Waals surface area contributed by atoms with Gasteiger partial charge in [-0.1, -0.05) is 26.0 Å². The highest BCUT2D eigenvalue weighted by Gasteiger charge is 2.24. The summed E-state index contributed by atoms with van der Waals surface area (Å²) in [7, 11) is 0. The van der Waals surface area contributed by atoms with Crippen molar-refractivity contribution in [3.8, 4) is 0 Å². The molecular formula is C18H29N3O. The second-order valence-corrected chi connectivity index (χ2v) is 7.40. The largest absolute Gasteiger partial charge is 0.368 e. The molecule has 0 saturated carbocycles. The summed E-state index contributed by atoms with van der Waals surface area (Å²) in [5.41, 5.74) is 2.44. The van der Waals surface area contributed by atoms with Crippen molar-refractivity contribution in [3.63, 3.8) is 0 Å². The lowest BCUT2D eigenvalue weighted by Gasteiger charge is -2.37. The van der Waals surface area contributed by atoms with E-state index in [0.29, 0.717) is 5.92 Å². The van der Waals surface area contributed by atoms with E-state index in [0.717, 1.165) is 26.2 Å². The van der Waals surface area contributed by atoms with Gasteiger partial charge in [0.25, 0.3) is 0 Å². The normalized spacial score (nSPS) is 16.1. The maximum absolute atomic E-state index is 12.2. The van der Waals surface area contributed by atoms with Crippen molar-refractivity contribution in [2.75, 3.05) is 31.1 Å². The van der Waals surface area contributed by atoms with Gasteiger partial charge in [0, 0.05) is 37.4 Å². The van der Waals surface area contributed by atoms with E-state index in [-0.39, 0.29) is 11.6 Å². The molecule has 1 N–H and O–H groups in total. The monoisotopic (exact) mass is 303 g/mol. The third kappa shape index (κ3) is 4.39. The topological polar surface area (TPSA) is 35.6 Å². The van der Waals surface area contributed by atoms with Crippen LogP contribution in [0.4, 0.5) is 10.5 Å². The van der Waals surface area contributed by atoms with Crippen LogP contribution in [0.15, 0.2) is 24.3 Å². The molecule has 0 bridgehead atoms. The number of hydrogen-bond donors (Lipinski definition) is 1. The number of nitrogens with zero attached hydrogens (tertiary/aromatic N) is 2. The highest BCUT2D eigenvalue weighted by atomic mass is 16.2. The Morgan fingerprint density at radius 1 is 1.05 bits per heavy atom. The van der Waals surface area contributed by atoms with Crippen LogP contribution in [0.25, 0.3) is 0 Å². The summed E-state index contributed by atoms with van der Waals surface area (Å²) in [6, 6.07) is 8.85. The quantitative estimate of drug-likeness (QED) is 0.908. The molecule has 0 radical (unpaired) electrons. The predicted octanol–water partition coefficient (Wildman–Crippen LogP) is 3.44. The molecule has 4 nitrogen and oxygen atoms in total. The van der Waals surface area contributed by atoms with Gasteiger partial charge in [-0.05, 0) is 44.4 Å². The number of carbonyl (C=O) groups excluding carboxylic acids is 1. The van der Waals surface area contributed by atoms with Gasteiger partial charge >= 0.3 is 6.03 Å². The summed E-state index contributed by atoms with van der Waals surface area (Å²) >= 11 is 0. The minimum atomic E-state index is -0.180. The van der Waals surface area contributed by atoms with Crippen molar-refractivity contribution in [1.82, 2.24) is 10.2 Å². The van der Waals surface area contributed by atoms with Crippen molar-refractivity contribution in [3.05, 3.63) is 29.8 Å². The number of anilines is 1. The van der Waals surface area contributed by atoms with E-state index in [4.69, 9.17) is 0 Å². The lowest BCUT2D eigenvalue weighted by Crippen LogP contribution is -2.55. The molecule has 22 heavy (non-hydrogen) atoms. The van der Waals surface area contributed by atoms with Crippen LogP contribution in [0.2, 0.25) is 0 Å². The Bertz CT molecular complexity index is 494. The summed E-state index contributed by atoms with van der Waals surface area (Å²) in [5.74, 6) is 0.562. The minimum absolute atomic E-state index is 0.0438. The van der Waals surface area contributed by atoms with Gasteiger partial charge in [-0.3, -0.25) is 0 Å².